The molecule has 0 aliphatic heterocycles. The molecule has 0 aliphatic carbocycles. The lowest BCUT2D eigenvalue weighted by Gasteiger charge is -2.20. The predicted octanol–water partition coefficient (Wildman–Crippen LogP) is 1.18. The Kier molecular flexibility index (Phi) is 4.84. The Balaban J connectivity index is 2.35. The molecule has 1 atom stereocenters. The van der Waals surface area contributed by atoms with E-state index < -0.39 is 5.92 Å². The molecule has 1 unspecified atom stereocenters. The van der Waals surface area contributed by atoms with Gasteiger partial charge < -0.3 is 14.2 Å². The molecular formula is C15H19N3O4S. The molecule has 2 heterocycles. The summed E-state index contributed by atoms with van der Waals surface area (Å²) < 4.78 is 6.06. The van der Waals surface area contributed by atoms with Crippen molar-refractivity contribution >= 4 is 33.4 Å². The van der Waals surface area contributed by atoms with E-state index in [-0.39, 0.29) is 24.0 Å². The van der Waals surface area contributed by atoms with Crippen molar-refractivity contribution in [3.63, 3.8) is 0 Å². The van der Waals surface area contributed by atoms with Crippen LogP contribution in [0, 0.1) is 12.8 Å². The molecule has 0 spiro atoms. The lowest BCUT2D eigenvalue weighted by atomic mass is 10.1. The summed E-state index contributed by atoms with van der Waals surface area (Å²) in [5.41, 5.74) is 0.453. The second kappa shape index (κ2) is 6.49. The maximum absolute atomic E-state index is 12.6. The van der Waals surface area contributed by atoms with Gasteiger partial charge in [-0.25, -0.2) is 4.98 Å². The van der Waals surface area contributed by atoms with E-state index in [9.17, 15) is 14.4 Å². The number of methoxy groups -OCH3 is 1. The van der Waals surface area contributed by atoms with Gasteiger partial charge in [-0.15, -0.1) is 11.3 Å². The molecule has 0 aromatic carbocycles. The minimum absolute atomic E-state index is 0.173. The number of hydrogen-bond acceptors (Lipinski definition) is 6. The van der Waals surface area contributed by atoms with Gasteiger partial charge in [-0.1, -0.05) is 6.92 Å². The monoisotopic (exact) mass is 337 g/mol. The van der Waals surface area contributed by atoms with Gasteiger partial charge in [0.05, 0.1) is 29.6 Å². The van der Waals surface area contributed by atoms with Crippen molar-refractivity contribution in [1.29, 1.82) is 0 Å². The fourth-order valence-electron chi connectivity index (χ4n) is 2.36. The molecule has 0 N–H and O–H groups in total. The van der Waals surface area contributed by atoms with Gasteiger partial charge in [0.1, 0.15) is 4.83 Å². The van der Waals surface area contributed by atoms with Crippen LogP contribution in [0.3, 0.4) is 0 Å². The minimum atomic E-state index is -0.422. The predicted molar refractivity (Wildman–Crippen MR) is 87.7 cm³/mol. The normalized spacial score (nSPS) is 12.2. The molecule has 0 saturated heterocycles. The van der Waals surface area contributed by atoms with Crippen molar-refractivity contribution in [3.8, 4) is 0 Å². The van der Waals surface area contributed by atoms with E-state index >= 15 is 0 Å². The summed E-state index contributed by atoms with van der Waals surface area (Å²) in [6.07, 6.45) is 1.44. The van der Waals surface area contributed by atoms with Gasteiger partial charge in [0.25, 0.3) is 11.5 Å². The first-order chi connectivity index (χ1) is 10.8. The van der Waals surface area contributed by atoms with Crippen LogP contribution < -0.4 is 5.56 Å². The Bertz CT molecular complexity index is 824. The highest BCUT2D eigenvalue weighted by Gasteiger charge is 2.24. The number of thiophene rings is 1. The van der Waals surface area contributed by atoms with Gasteiger partial charge in [-0.2, -0.15) is 0 Å². The Labute approximate surface area is 137 Å². The number of carbonyl (C=O) groups is 2. The minimum Gasteiger partial charge on any atom is -0.469 e. The molecule has 0 saturated carbocycles. The van der Waals surface area contributed by atoms with Gasteiger partial charge in [-0.05, 0) is 12.5 Å². The number of aryl methyl sites for hydroxylation is 2. The van der Waals surface area contributed by atoms with E-state index in [4.69, 9.17) is 0 Å². The molecule has 8 heteroatoms. The molecule has 0 radical (unpaired) electrons. The zero-order valence-electron chi connectivity index (χ0n) is 13.7. The maximum Gasteiger partial charge on any atom is 0.310 e. The number of ether oxygens (including phenoxy) is 1. The van der Waals surface area contributed by atoms with Crippen molar-refractivity contribution in [2.75, 3.05) is 20.7 Å². The van der Waals surface area contributed by atoms with Crippen molar-refractivity contribution in [2.24, 2.45) is 13.0 Å². The van der Waals surface area contributed by atoms with Crippen LogP contribution in [0.25, 0.3) is 10.2 Å². The number of hydrogen-bond donors (Lipinski definition) is 0. The van der Waals surface area contributed by atoms with E-state index in [0.29, 0.717) is 20.7 Å². The Morgan fingerprint density at radius 1 is 1.48 bits per heavy atom. The van der Waals surface area contributed by atoms with Gasteiger partial charge in [0.2, 0.25) is 0 Å². The van der Waals surface area contributed by atoms with Crippen LogP contribution in [0.2, 0.25) is 0 Å². The summed E-state index contributed by atoms with van der Waals surface area (Å²) >= 11 is 1.19. The fraction of sp³-hybridized carbons (Fsp3) is 0.467. The maximum atomic E-state index is 12.6. The van der Waals surface area contributed by atoms with Gasteiger partial charge in [0, 0.05) is 20.6 Å². The zero-order valence-corrected chi connectivity index (χ0v) is 14.6. The summed E-state index contributed by atoms with van der Waals surface area (Å²) in [5, 5.41) is 0.470. The third kappa shape index (κ3) is 3.12. The van der Waals surface area contributed by atoms with Crippen molar-refractivity contribution in [2.45, 2.75) is 13.8 Å². The average Bonchev–Trinajstić information content (AvgIpc) is 2.86. The SMILES string of the molecule is COC(=O)C(C)CN(C)C(=O)c1sc2ncn(C)c(=O)c2c1C. The molecule has 2 rings (SSSR count). The lowest BCUT2D eigenvalue weighted by molar-refractivity contribution is -0.145. The number of rotatable bonds is 4. The fourth-order valence-corrected chi connectivity index (χ4v) is 3.49. The number of esters is 1. The van der Waals surface area contributed by atoms with Crippen molar-refractivity contribution < 1.29 is 14.3 Å². The molecule has 7 nitrogen and oxygen atoms in total. The topological polar surface area (TPSA) is 81.5 Å². The highest BCUT2D eigenvalue weighted by molar-refractivity contribution is 7.20. The Morgan fingerprint density at radius 3 is 2.74 bits per heavy atom. The van der Waals surface area contributed by atoms with Crippen LogP contribution in [-0.4, -0.2) is 47.0 Å². The standard InChI is InChI=1S/C15H19N3O4S/c1-8(15(21)22-5)6-17(3)14(20)11-9(2)10-12(23-11)16-7-18(4)13(10)19/h7-8H,6H2,1-5H3. The molecule has 2 aromatic rings. The largest absolute Gasteiger partial charge is 0.469 e. The van der Waals surface area contributed by atoms with Crippen LogP contribution >= 0.6 is 11.3 Å². The third-order valence-electron chi connectivity index (χ3n) is 3.70. The highest BCUT2D eigenvalue weighted by atomic mass is 32.1. The molecule has 2 aromatic heterocycles. The summed E-state index contributed by atoms with van der Waals surface area (Å²) in [6, 6.07) is 0. The van der Waals surface area contributed by atoms with Gasteiger partial charge in [0.15, 0.2) is 0 Å². The van der Waals surface area contributed by atoms with Crippen LogP contribution in [-0.2, 0) is 16.6 Å². The van der Waals surface area contributed by atoms with E-state index in [1.807, 2.05) is 0 Å². The van der Waals surface area contributed by atoms with E-state index in [1.165, 1.54) is 34.2 Å². The molecule has 0 fully saturated rings. The average molecular weight is 337 g/mol. The van der Waals surface area contributed by atoms with E-state index in [2.05, 4.69) is 9.72 Å². The smallest absolute Gasteiger partial charge is 0.310 e. The quantitative estimate of drug-likeness (QED) is 0.783. The summed E-state index contributed by atoms with van der Waals surface area (Å²) in [6.45, 7) is 3.68. The van der Waals surface area contributed by atoms with Gasteiger partial charge in [-0.3, -0.25) is 14.4 Å². The summed E-state index contributed by atoms with van der Waals surface area (Å²) in [5.74, 6) is -1.02. The Hall–Kier alpha value is -2.22. The third-order valence-corrected chi connectivity index (χ3v) is 4.89. The molecule has 0 bridgehead atoms. The van der Waals surface area contributed by atoms with E-state index in [0.717, 1.165) is 0 Å². The van der Waals surface area contributed by atoms with Crippen molar-refractivity contribution in [1.82, 2.24) is 14.5 Å². The number of amides is 1. The van der Waals surface area contributed by atoms with Crippen molar-refractivity contribution in [3.05, 3.63) is 27.1 Å². The lowest BCUT2D eigenvalue weighted by Crippen LogP contribution is -2.34. The second-order valence-electron chi connectivity index (χ2n) is 5.51. The molecular weight excluding hydrogens is 318 g/mol. The Morgan fingerprint density at radius 2 is 2.13 bits per heavy atom. The van der Waals surface area contributed by atoms with Crippen LogP contribution in [0.5, 0.6) is 0 Å². The van der Waals surface area contributed by atoms with Crippen LogP contribution in [0.4, 0.5) is 0 Å². The van der Waals surface area contributed by atoms with Crippen LogP contribution in [0.15, 0.2) is 11.1 Å². The van der Waals surface area contributed by atoms with Gasteiger partial charge >= 0.3 is 5.97 Å². The molecule has 0 aliphatic rings. The second-order valence-corrected chi connectivity index (χ2v) is 6.51. The number of fused-ring (bicyclic) bond motifs is 1. The number of aromatic nitrogens is 2. The molecule has 23 heavy (non-hydrogen) atoms. The number of nitrogens with zero attached hydrogens (tertiary/aromatic N) is 3. The number of carbonyl (C=O) groups excluding carboxylic acids is 2. The van der Waals surface area contributed by atoms with E-state index in [1.54, 1.807) is 27.9 Å². The summed E-state index contributed by atoms with van der Waals surface area (Å²) in [7, 11) is 4.56. The first-order valence-electron chi connectivity index (χ1n) is 7.06. The molecule has 1 amide bonds. The summed E-state index contributed by atoms with van der Waals surface area (Å²) in [4.78, 5) is 43.0. The highest BCUT2D eigenvalue weighted by Crippen LogP contribution is 2.27. The zero-order chi connectivity index (χ0) is 17.3. The first-order valence-corrected chi connectivity index (χ1v) is 7.87. The van der Waals surface area contributed by atoms with Crippen LogP contribution in [0.1, 0.15) is 22.2 Å². The molecule has 124 valence electrons. The first kappa shape index (κ1) is 17.1.